The molecule has 0 fully saturated rings. The Balaban J connectivity index is 1.51. The van der Waals surface area contributed by atoms with Gasteiger partial charge in [-0.05, 0) is 30.5 Å². The van der Waals surface area contributed by atoms with Crippen molar-refractivity contribution in [3.05, 3.63) is 53.5 Å². The fourth-order valence-electron chi connectivity index (χ4n) is 2.67. The third-order valence-corrected chi connectivity index (χ3v) is 5.97. The van der Waals surface area contributed by atoms with Gasteiger partial charge in [-0.1, -0.05) is 24.3 Å². The van der Waals surface area contributed by atoms with Crippen molar-refractivity contribution in [1.82, 2.24) is 9.88 Å². The van der Waals surface area contributed by atoms with E-state index >= 15 is 0 Å². The molecule has 5 nitrogen and oxygen atoms in total. The Kier molecular flexibility index (Phi) is 6.47. The maximum atomic E-state index is 12.4. The van der Waals surface area contributed by atoms with Crippen LogP contribution in [0, 0.1) is 0 Å². The van der Waals surface area contributed by atoms with Gasteiger partial charge in [0.15, 0.2) is 0 Å². The molecule has 0 unspecified atom stereocenters. The lowest BCUT2D eigenvalue weighted by atomic mass is 10.3. The highest BCUT2D eigenvalue weighted by molar-refractivity contribution is 7.98. The molecule has 27 heavy (non-hydrogen) atoms. The van der Waals surface area contributed by atoms with Gasteiger partial charge in [0.2, 0.25) is 11.8 Å². The molecule has 1 aromatic heterocycles. The van der Waals surface area contributed by atoms with Crippen molar-refractivity contribution < 1.29 is 9.59 Å². The Morgan fingerprint density at radius 2 is 1.89 bits per heavy atom. The summed E-state index contributed by atoms with van der Waals surface area (Å²) in [6.07, 6.45) is 2.88. The van der Waals surface area contributed by atoms with E-state index in [-0.39, 0.29) is 18.4 Å². The number of aromatic nitrogens is 1. The highest BCUT2D eigenvalue weighted by atomic mass is 32.2. The second kappa shape index (κ2) is 9.01. The third-order valence-electron chi connectivity index (χ3n) is 4.08. The van der Waals surface area contributed by atoms with Crippen LogP contribution >= 0.6 is 23.1 Å². The third kappa shape index (κ3) is 5.08. The first-order chi connectivity index (χ1) is 13.1. The lowest BCUT2D eigenvalue weighted by Gasteiger charge is -2.17. The normalized spacial score (nSPS) is 10.7. The Morgan fingerprint density at radius 3 is 2.67 bits per heavy atom. The van der Waals surface area contributed by atoms with Crippen LogP contribution in [0.2, 0.25) is 0 Å². The average Bonchev–Trinajstić information content (AvgIpc) is 3.09. The van der Waals surface area contributed by atoms with E-state index in [1.807, 2.05) is 54.8 Å². The molecule has 0 bridgehead atoms. The summed E-state index contributed by atoms with van der Waals surface area (Å²) < 4.78 is 1.13. The summed E-state index contributed by atoms with van der Waals surface area (Å²) in [6, 6.07) is 15.6. The van der Waals surface area contributed by atoms with Crippen LogP contribution in [0.1, 0.15) is 11.4 Å². The van der Waals surface area contributed by atoms with E-state index in [4.69, 9.17) is 0 Å². The van der Waals surface area contributed by atoms with E-state index in [1.165, 1.54) is 4.90 Å². The highest BCUT2D eigenvalue weighted by Crippen LogP contribution is 2.24. The second-order valence-electron chi connectivity index (χ2n) is 6.07. The summed E-state index contributed by atoms with van der Waals surface area (Å²) in [5, 5.41) is 3.82. The van der Waals surface area contributed by atoms with Crippen molar-refractivity contribution in [2.75, 3.05) is 25.2 Å². The van der Waals surface area contributed by atoms with Crippen molar-refractivity contribution in [2.24, 2.45) is 0 Å². The Hall–Kier alpha value is -2.38. The predicted octanol–water partition coefficient (Wildman–Crippen LogP) is 4.05. The molecule has 140 valence electrons. The number of thioether (sulfide) groups is 1. The van der Waals surface area contributed by atoms with Crippen LogP contribution in [-0.2, 0) is 16.0 Å². The van der Waals surface area contributed by atoms with Gasteiger partial charge in [-0.3, -0.25) is 9.59 Å². The first kappa shape index (κ1) is 19.4. The van der Waals surface area contributed by atoms with Gasteiger partial charge >= 0.3 is 0 Å². The number of anilines is 1. The lowest BCUT2D eigenvalue weighted by molar-refractivity contribution is -0.133. The molecule has 0 saturated heterocycles. The van der Waals surface area contributed by atoms with Gasteiger partial charge in [-0.25, -0.2) is 4.98 Å². The van der Waals surface area contributed by atoms with Crippen LogP contribution in [0.15, 0.2) is 53.4 Å². The average molecular weight is 400 g/mol. The molecular weight excluding hydrogens is 378 g/mol. The maximum absolute atomic E-state index is 12.4. The van der Waals surface area contributed by atoms with Gasteiger partial charge in [0, 0.05) is 24.8 Å². The summed E-state index contributed by atoms with van der Waals surface area (Å²) in [7, 11) is 1.65. The van der Waals surface area contributed by atoms with Gasteiger partial charge in [0.05, 0.1) is 27.5 Å². The van der Waals surface area contributed by atoms with Gasteiger partial charge in [0.1, 0.15) is 0 Å². The number of aryl methyl sites for hydroxylation is 1. The summed E-state index contributed by atoms with van der Waals surface area (Å²) >= 11 is 3.18. The largest absolute Gasteiger partial charge is 0.336 e. The van der Waals surface area contributed by atoms with Gasteiger partial charge in [-0.2, -0.15) is 0 Å². The molecule has 0 aliphatic rings. The Labute approximate surface area is 166 Å². The van der Waals surface area contributed by atoms with Crippen molar-refractivity contribution in [1.29, 1.82) is 0 Å². The molecule has 0 aliphatic carbocycles. The predicted molar refractivity (Wildman–Crippen MR) is 112 cm³/mol. The Morgan fingerprint density at radius 1 is 1.15 bits per heavy atom. The van der Waals surface area contributed by atoms with Crippen LogP contribution in [0.4, 0.5) is 5.69 Å². The number of hydrogen-bond acceptors (Lipinski definition) is 5. The summed E-state index contributed by atoms with van der Waals surface area (Å²) in [4.78, 5) is 31.6. The highest BCUT2D eigenvalue weighted by Gasteiger charge is 2.15. The summed E-state index contributed by atoms with van der Waals surface area (Å²) in [5.74, 6) is -0.269. The number of hydrogen-bond donors (Lipinski definition) is 1. The minimum absolute atomic E-state index is 0.0292. The lowest BCUT2D eigenvalue weighted by Crippen LogP contribution is -2.35. The first-order valence-corrected chi connectivity index (χ1v) is 10.6. The summed E-state index contributed by atoms with van der Waals surface area (Å²) in [6.45, 7) is 0.0292. The monoisotopic (exact) mass is 399 g/mol. The molecule has 0 radical (unpaired) electrons. The molecule has 3 aromatic rings. The van der Waals surface area contributed by atoms with E-state index in [1.54, 1.807) is 30.1 Å². The van der Waals surface area contributed by atoms with Crippen molar-refractivity contribution >= 4 is 50.8 Å². The fraction of sp³-hybridized carbons (Fsp3) is 0.250. The molecule has 0 aliphatic heterocycles. The number of fused-ring (bicyclic) bond motifs is 1. The maximum Gasteiger partial charge on any atom is 0.244 e. The Bertz CT molecular complexity index is 922. The van der Waals surface area contributed by atoms with E-state index in [9.17, 15) is 9.59 Å². The second-order valence-corrected chi connectivity index (χ2v) is 8.04. The molecule has 7 heteroatoms. The number of nitrogens with one attached hydrogen (secondary N) is 1. The molecule has 1 N–H and O–H groups in total. The molecule has 0 spiro atoms. The zero-order valence-electron chi connectivity index (χ0n) is 15.3. The number of para-hydroxylation sites is 2. The minimum atomic E-state index is -0.202. The van der Waals surface area contributed by atoms with Crippen molar-refractivity contribution in [2.45, 2.75) is 17.7 Å². The van der Waals surface area contributed by atoms with E-state index in [2.05, 4.69) is 10.3 Å². The number of carbonyl (C=O) groups excluding carboxylic acids is 2. The van der Waals surface area contributed by atoms with Crippen LogP contribution in [0.25, 0.3) is 10.2 Å². The zero-order chi connectivity index (χ0) is 19.2. The zero-order valence-corrected chi connectivity index (χ0v) is 16.9. The molecule has 0 saturated carbocycles. The standard InChI is InChI=1S/C20H21N3O2S2/c1-23(13-18(24)21-14-7-3-5-9-16(14)26-2)20(25)12-11-19-22-15-8-4-6-10-17(15)27-19/h3-10H,11-13H2,1-2H3,(H,21,24). The quantitative estimate of drug-likeness (QED) is 0.609. The van der Waals surface area contributed by atoms with Gasteiger partial charge in [-0.15, -0.1) is 23.1 Å². The smallest absolute Gasteiger partial charge is 0.244 e. The number of carbonyl (C=O) groups is 2. The van der Waals surface area contributed by atoms with Crippen molar-refractivity contribution in [3.8, 4) is 0 Å². The molecule has 3 rings (SSSR count). The molecule has 0 atom stereocenters. The number of nitrogens with zero attached hydrogens (tertiary/aromatic N) is 2. The van der Waals surface area contributed by atoms with Crippen LogP contribution < -0.4 is 5.32 Å². The SMILES string of the molecule is CSc1ccccc1NC(=O)CN(C)C(=O)CCc1nc2ccccc2s1. The molecule has 1 heterocycles. The van der Waals surface area contributed by atoms with Crippen LogP contribution in [-0.4, -0.2) is 41.5 Å². The number of amides is 2. The van der Waals surface area contributed by atoms with E-state index in [0.29, 0.717) is 12.8 Å². The topological polar surface area (TPSA) is 62.3 Å². The number of benzene rings is 2. The number of thiazole rings is 1. The molecular formula is C20H21N3O2S2. The number of likely N-dealkylation sites (N-methyl/N-ethyl adjacent to an activating group) is 1. The first-order valence-electron chi connectivity index (χ1n) is 8.58. The number of rotatable bonds is 7. The van der Waals surface area contributed by atoms with Crippen molar-refractivity contribution in [3.63, 3.8) is 0 Å². The molecule has 2 aromatic carbocycles. The summed E-state index contributed by atoms with van der Waals surface area (Å²) in [5.41, 5.74) is 1.73. The van der Waals surface area contributed by atoms with E-state index < -0.39 is 0 Å². The minimum Gasteiger partial charge on any atom is -0.336 e. The van der Waals surface area contributed by atoms with Crippen LogP contribution in [0.3, 0.4) is 0 Å². The van der Waals surface area contributed by atoms with Gasteiger partial charge < -0.3 is 10.2 Å². The fourth-order valence-corrected chi connectivity index (χ4v) is 4.19. The van der Waals surface area contributed by atoms with E-state index in [0.717, 1.165) is 25.8 Å². The molecule has 2 amide bonds. The van der Waals surface area contributed by atoms with Gasteiger partial charge in [0.25, 0.3) is 0 Å². The van der Waals surface area contributed by atoms with Crippen LogP contribution in [0.5, 0.6) is 0 Å².